The van der Waals surface area contributed by atoms with Crippen LogP contribution in [0.4, 0.5) is 0 Å². The summed E-state index contributed by atoms with van der Waals surface area (Å²) in [6, 6.07) is 0.391. The second-order valence-electron chi connectivity index (χ2n) is 3.55. The van der Waals surface area contributed by atoms with Crippen LogP contribution in [0.25, 0.3) is 0 Å². The first-order valence-corrected chi connectivity index (χ1v) is 4.11. The van der Waals surface area contributed by atoms with Gasteiger partial charge in [0.1, 0.15) is 0 Å². The average Bonchev–Trinajstić information content (AvgIpc) is 1.84. The van der Waals surface area contributed by atoms with Gasteiger partial charge in [-0.2, -0.15) is 0 Å². The van der Waals surface area contributed by atoms with E-state index in [1.165, 1.54) is 0 Å². The van der Waals surface area contributed by atoms with E-state index < -0.39 is 0 Å². The van der Waals surface area contributed by atoms with E-state index in [2.05, 4.69) is 19.2 Å². The number of rotatable bonds is 3. The Balaban J connectivity index is 2.03. The third kappa shape index (κ3) is 1.96. The predicted molar refractivity (Wildman–Crippen MR) is 41.9 cm³/mol. The standard InChI is InChI=1S/C8H17NO/c1-6(2)5-9-7-3-4-8(7)10/h6-10H,3-5H2,1-2H3/t7-,8-/m1/s1. The Bertz CT molecular complexity index is 103. The molecule has 0 unspecified atom stereocenters. The van der Waals surface area contributed by atoms with Crippen molar-refractivity contribution in [3.05, 3.63) is 0 Å². The Hall–Kier alpha value is -0.0800. The van der Waals surface area contributed by atoms with Crippen molar-refractivity contribution in [3.8, 4) is 0 Å². The largest absolute Gasteiger partial charge is 0.392 e. The van der Waals surface area contributed by atoms with Crippen LogP contribution in [0.15, 0.2) is 0 Å². The van der Waals surface area contributed by atoms with Gasteiger partial charge in [0.2, 0.25) is 0 Å². The molecule has 60 valence electrons. The SMILES string of the molecule is CC(C)CN[C@@H]1CC[C@H]1O. The Kier molecular flexibility index (Phi) is 2.69. The molecule has 2 heteroatoms. The van der Waals surface area contributed by atoms with E-state index in [1.807, 2.05) is 0 Å². The lowest BCUT2D eigenvalue weighted by Gasteiger charge is -2.33. The van der Waals surface area contributed by atoms with Gasteiger partial charge in [-0.3, -0.25) is 0 Å². The zero-order valence-electron chi connectivity index (χ0n) is 6.80. The zero-order valence-corrected chi connectivity index (χ0v) is 6.80. The normalized spacial score (nSPS) is 32.4. The maximum atomic E-state index is 9.16. The van der Waals surface area contributed by atoms with Crippen LogP contribution >= 0.6 is 0 Å². The maximum absolute atomic E-state index is 9.16. The molecule has 2 nitrogen and oxygen atoms in total. The molecule has 10 heavy (non-hydrogen) atoms. The fourth-order valence-electron chi connectivity index (χ4n) is 1.11. The molecule has 2 atom stereocenters. The van der Waals surface area contributed by atoms with Gasteiger partial charge < -0.3 is 10.4 Å². The van der Waals surface area contributed by atoms with Crippen molar-refractivity contribution < 1.29 is 5.11 Å². The lowest BCUT2D eigenvalue weighted by atomic mass is 9.89. The molecule has 2 N–H and O–H groups in total. The van der Waals surface area contributed by atoms with Gasteiger partial charge in [0, 0.05) is 6.04 Å². The third-order valence-corrected chi connectivity index (χ3v) is 2.03. The van der Waals surface area contributed by atoms with Crippen molar-refractivity contribution >= 4 is 0 Å². The topological polar surface area (TPSA) is 32.3 Å². The molecule has 0 bridgehead atoms. The van der Waals surface area contributed by atoms with E-state index in [-0.39, 0.29) is 6.10 Å². The van der Waals surface area contributed by atoms with Crippen LogP contribution in [0.3, 0.4) is 0 Å². The summed E-state index contributed by atoms with van der Waals surface area (Å²) in [6.45, 7) is 5.39. The number of hydrogen-bond acceptors (Lipinski definition) is 2. The quantitative estimate of drug-likeness (QED) is 0.611. The Morgan fingerprint density at radius 3 is 2.50 bits per heavy atom. The molecule has 0 heterocycles. The van der Waals surface area contributed by atoms with E-state index in [4.69, 9.17) is 5.11 Å². The highest BCUT2D eigenvalue weighted by molar-refractivity contribution is 4.86. The van der Waals surface area contributed by atoms with Crippen molar-refractivity contribution in [2.45, 2.75) is 38.8 Å². The first kappa shape index (κ1) is 8.02. The average molecular weight is 143 g/mol. The summed E-state index contributed by atoms with van der Waals surface area (Å²) in [5, 5.41) is 12.5. The second-order valence-corrected chi connectivity index (χ2v) is 3.55. The summed E-state index contributed by atoms with van der Waals surface area (Å²) in [5.41, 5.74) is 0. The van der Waals surface area contributed by atoms with E-state index in [0.29, 0.717) is 12.0 Å². The number of hydrogen-bond donors (Lipinski definition) is 2. The van der Waals surface area contributed by atoms with Crippen LogP contribution in [0.2, 0.25) is 0 Å². The van der Waals surface area contributed by atoms with Crippen LogP contribution in [0.5, 0.6) is 0 Å². The molecule has 0 aliphatic heterocycles. The Morgan fingerprint density at radius 1 is 1.50 bits per heavy atom. The Morgan fingerprint density at radius 2 is 2.20 bits per heavy atom. The molecule has 1 aliphatic rings. The van der Waals surface area contributed by atoms with Gasteiger partial charge in [-0.1, -0.05) is 13.8 Å². The summed E-state index contributed by atoms with van der Waals surface area (Å²) >= 11 is 0. The van der Waals surface area contributed by atoms with Gasteiger partial charge in [0.05, 0.1) is 6.10 Å². The minimum atomic E-state index is -0.0706. The highest BCUT2D eigenvalue weighted by Crippen LogP contribution is 2.19. The summed E-state index contributed by atoms with van der Waals surface area (Å²) in [5.74, 6) is 0.688. The molecule has 0 saturated heterocycles. The van der Waals surface area contributed by atoms with Crippen molar-refractivity contribution in [2.75, 3.05) is 6.54 Å². The van der Waals surface area contributed by atoms with Crippen molar-refractivity contribution in [2.24, 2.45) is 5.92 Å². The Labute approximate surface area is 62.6 Å². The molecule has 0 radical (unpaired) electrons. The summed E-state index contributed by atoms with van der Waals surface area (Å²) in [7, 11) is 0. The molecule has 1 fully saturated rings. The summed E-state index contributed by atoms with van der Waals surface area (Å²) in [6.07, 6.45) is 2.06. The van der Waals surface area contributed by atoms with Gasteiger partial charge in [-0.15, -0.1) is 0 Å². The van der Waals surface area contributed by atoms with Crippen molar-refractivity contribution in [1.82, 2.24) is 5.32 Å². The zero-order chi connectivity index (χ0) is 7.56. The summed E-state index contributed by atoms with van der Waals surface area (Å²) in [4.78, 5) is 0. The fourth-order valence-corrected chi connectivity index (χ4v) is 1.11. The van der Waals surface area contributed by atoms with E-state index >= 15 is 0 Å². The van der Waals surface area contributed by atoms with E-state index in [1.54, 1.807) is 0 Å². The monoisotopic (exact) mass is 143 g/mol. The molecule has 0 aromatic rings. The van der Waals surface area contributed by atoms with Crippen molar-refractivity contribution in [3.63, 3.8) is 0 Å². The molecule has 0 aromatic carbocycles. The summed E-state index contributed by atoms with van der Waals surface area (Å²) < 4.78 is 0. The van der Waals surface area contributed by atoms with Gasteiger partial charge >= 0.3 is 0 Å². The van der Waals surface area contributed by atoms with Crippen LogP contribution in [-0.4, -0.2) is 23.8 Å². The van der Waals surface area contributed by atoms with E-state index in [0.717, 1.165) is 19.4 Å². The lowest BCUT2D eigenvalue weighted by Crippen LogP contribution is -2.48. The van der Waals surface area contributed by atoms with E-state index in [9.17, 15) is 0 Å². The smallest absolute Gasteiger partial charge is 0.0693 e. The second kappa shape index (κ2) is 3.35. The predicted octanol–water partition coefficient (Wildman–Crippen LogP) is 0.755. The van der Waals surface area contributed by atoms with Crippen LogP contribution in [0.1, 0.15) is 26.7 Å². The third-order valence-electron chi connectivity index (χ3n) is 2.03. The first-order chi connectivity index (χ1) is 4.70. The molecule has 0 spiro atoms. The number of nitrogens with one attached hydrogen (secondary N) is 1. The highest BCUT2D eigenvalue weighted by Gasteiger charge is 2.27. The molecule has 1 aliphatic carbocycles. The van der Waals surface area contributed by atoms with Gasteiger partial charge in [0.25, 0.3) is 0 Å². The molecule has 1 saturated carbocycles. The van der Waals surface area contributed by atoms with Gasteiger partial charge in [-0.05, 0) is 25.3 Å². The molecular formula is C8H17NO. The lowest BCUT2D eigenvalue weighted by molar-refractivity contribution is 0.0488. The molecule has 0 amide bonds. The minimum Gasteiger partial charge on any atom is -0.392 e. The highest BCUT2D eigenvalue weighted by atomic mass is 16.3. The van der Waals surface area contributed by atoms with Crippen molar-refractivity contribution in [1.29, 1.82) is 0 Å². The fraction of sp³-hybridized carbons (Fsp3) is 1.00. The minimum absolute atomic E-state index is 0.0706. The van der Waals surface area contributed by atoms with Gasteiger partial charge in [-0.25, -0.2) is 0 Å². The molecule has 0 aromatic heterocycles. The molecule has 1 rings (SSSR count). The first-order valence-electron chi connectivity index (χ1n) is 4.11. The van der Waals surface area contributed by atoms with Crippen LogP contribution in [-0.2, 0) is 0 Å². The molecular weight excluding hydrogens is 126 g/mol. The van der Waals surface area contributed by atoms with Crippen LogP contribution in [0, 0.1) is 5.92 Å². The maximum Gasteiger partial charge on any atom is 0.0693 e. The number of aliphatic hydroxyl groups is 1. The van der Waals surface area contributed by atoms with Crippen LogP contribution < -0.4 is 5.32 Å². The number of aliphatic hydroxyl groups excluding tert-OH is 1. The van der Waals surface area contributed by atoms with Gasteiger partial charge in [0.15, 0.2) is 0 Å².